The van der Waals surface area contributed by atoms with Gasteiger partial charge in [-0.25, -0.2) is 8.78 Å². The predicted octanol–water partition coefficient (Wildman–Crippen LogP) is 1.13. The van der Waals surface area contributed by atoms with E-state index in [-0.39, 0.29) is 11.5 Å². The van der Waals surface area contributed by atoms with Crippen LogP contribution in [-0.4, -0.2) is 29.3 Å². The molecule has 2 aliphatic rings. The van der Waals surface area contributed by atoms with Crippen LogP contribution >= 0.6 is 0 Å². The topological polar surface area (TPSA) is 49.4 Å². The summed E-state index contributed by atoms with van der Waals surface area (Å²) < 4.78 is 27.7. The van der Waals surface area contributed by atoms with Crippen molar-refractivity contribution in [3.05, 3.63) is 35.4 Å². The Kier molecular flexibility index (Phi) is 2.82. The highest BCUT2D eigenvalue weighted by molar-refractivity contribution is 6.03. The number of carbonyl (C=O) groups excluding carboxylic acids is 2. The van der Waals surface area contributed by atoms with Gasteiger partial charge in [0.05, 0.1) is 11.6 Å². The van der Waals surface area contributed by atoms with E-state index in [1.165, 1.54) is 6.07 Å². The molecule has 1 aromatic carbocycles. The van der Waals surface area contributed by atoms with E-state index in [0.29, 0.717) is 13.0 Å². The zero-order valence-corrected chi connectivity index (χ0v) is 10.0. The van der Waals surface area contributed by atoms with Crippen molar-refractivity contribution >= 4 is 11.8 Å². The number of nitrogens with zero attached hydrogens (tertiary/aromatic N) is 1. The number of fused-ring (bicyclic) bond motifs is 1. The van der Waals surface area contributed by atoms with Crippen molar-refractivity contribution in [3.8, 4) is 0 Å². The molecule has 0 bridgehead atoms. The van der Waals surface area contributed by atoms with E-state index < -0.39 is 29.6 Å². The molecule has 0 aliphatic carbocycles. The summed E-state index contributed by atoms with van der Waals surface area (Å²) in [7, 11) is 0. The second kappa shape index (κ2) is 4.38. The minimum atomic E-state index is -1.06. The SMILES string of the molecule is O=C1NC(=O)[C@@H]2CCCN2[C@H]1c1c(F)cccc1F. The molecule has 2 saturated heterocycles. The maximum atomic E-state index is 13.8. The maximum Gasteiger partial charge on any atom is 0.248 e. The molecule has 0 aromatic heterocycles. The maximum absolute atomic E-state index is 13.8. The van der Waals surface area contributed by atoms with Gasteiger partial charge < -0.3 is 0 Å². The van der Waals surface area contributed by atoms with Crippen molar-refractivity contribution in [2.24, 2.45) is 0 Å². The van der Waals surface area contributed by atoms with E-state index in [1.54, 1.807) is 4.90 Å². The highest BCUT2D eigenvalue weighted by Gasteiger charge is 2.46. The minimum Gasteiger partial charge on any atom is -0.293 e. The third-order valence-electron chi connectivity index (χ3n) is 3.70. The largest absolute Gasteiger partial charge is 0.293 e. The number of hydrogen-bond donors (Lipinski definition) is 1. The Morgan fingerprint density at radius 2 is 1.84 bits per heavy atom. The van der Waals surface area contributed by atoms with E-state index in [9.17, 15) is 18.4 Å². The van der Waals surface area contributed by atoms with Gasteiger partial charge in [0.15, 0.2) is 0 Å². The van der Waals surface area contributed by atoms with Gasteiger partial charge in [0.1, 0.15) is 17.7 Å². The van der Waals surface area contributed by atoms with Crippen molar-refractivity contribution in [1.29, 1.82) is 0 Å². The normalized spacial score (nSPS) is 27.3. The summed E-state index contributed by atoms with van der Waals surface area (Å²) in [6, 6.07) is 1.95. The molecule has 4 nitrogen and oxygen atoms in total. The number of imide groups is 1. The van der Waals surface area contributed by atoms with Crippen LogP contribution in [0.2, 0.25) is 0 Å². The molecule has 100 valence electrons. The molecule has 3 rings (SSSR count). The number of piperazine rings is 1. The van der Waals surface area contributed by atoms with Crippen molar-refractivity contribution in [2.45, 2.75) is 24.9 Å². The summed E-state index contributed by atoms with van der Waals surface area (Å²) in [6.07, 6.45) is 1.34. The summed E-state index contributed by atoms with van der Waals surface area (Å²) >= 11 is 0. The molecule has 19 heavy (non-hydrogen) atoms. The van der Waals surface area contributed by atoms with Gasteiger partial charge in [0.2, 0.25) is 11.8 Å². The lowest BCUT2D eigenvalue weighted by molar-refractivity contribution is -0.143. The molecular weight excluding hydrogens is 254 g/mol. The van der Waals surface area contributed by atoms with Gasteiger partial charge >= 0.3 is 0 Å². The number of halogens is 2. The van der Waals surface area contributed by atoms with E-state index in [2.05, 4.69) is 5.32 Å². The van der Waals surface area contributed by atoms with Crippen molar-refractivity contribution in [2.75, 3.05) is 6.54 Å². The van der Waals surface area contributed by atoms with Crippen LogP contribution in [0, 0.1) is 11.6 Å². The first-order chi connectivity index (χ1) is 9.09. The van der Waals surface area contributed by atoms with Crippen LogP contribution in [0.25, 0.3) is 0 Å². The molecule has 1 aromatic rings. The molecule has 0 unspecified atom stereocenters. The Balaban J connectivity index is 2.08. The van der Waals surface area contributed by atoms with Gasteiger partial charge in [-0.2, -0.15) is 0 Å². The van der Waals surface area contributed by atoms with Crippen LogP contribution in [0.4, 0.5) is 8.78 Å². The predicted molar refractivity (Wildman–Crippen MR) is 62.0 cm³/mol. The van der Waals surface area contributed by atoms with Crippen LogP contribution < -0.4 is 5.32 Å². The van der Waals surface area contributed by atoms with Crippen LogP contribution in [0.3, 0.4) is 0 Å². The zero-order valence-electron chi connectivity index (χ0n) is 10.0. The number of benzene rings is 1. The number of rotatable bonds is 1. The second-order valence-corrected chi connectivity index (χ2v) is 4.79. The highest BCUT2D eigenvalue weighted by Crippen LogP contribution is 2.34. The Labute approximate surface area is 108 Å². The number of hydrogen-bond acceptors (Lipinski definition) is 3. The summed E-state index contributed by atoms with van der Waals surface area (Å²) in [5, 5.41) is 2.20. The van der Waals surface area contributed by atoms with Gasteiger partial charge in [0, 0.05) is 6.54 Å². The minimum absolute atomic E-state index is 0.278. The molecular formula is C13H12F2N2O2. The smallest absolute Gasteiger partial charge is 0.248 e. The van der Waals surface area contributed by atoms with Gasteiger partial charge in [0.25, 0.3) is 0 Å². The lowest BCUT2D eigenvalue weighted by Gasteiger charge is -2.36. The van der Waals surface area contributed by atoms with Crippen LogP contribution in [-0.2, 0) is 9.59 Å². The molecule has 6 heteroatoms. The Hall–Kier alpha value is -1.82. The molecule has 2 atom stereocenters. The van der Waals surface area contributed by atoms with Crippen LogP contribution in [0.15, 0.2) is 18.2 Å². The average molecular weight is 266 g/mol. The second-order valence-electron chi connectivity index (χ2n) is 4.79. The lowest BCUT2D eigenvalue weighted by Crippen LogP contribution is -2.57. The van der Waals surface area contributed by atoms with E-state index in [0.717, 1.165) is 18.6 Å². The molecule has 2 heterocycles. The van der Waals surface area contributed by atoms with Crippen molar-refractivity contribution < 1.29 is 18.4 Å². The Bertz CT molecular complexity index is 541. The molecule has 0 spiro atoms. The summed E-state index contributed by atoms with van der Waals surface area (Å²) in [5.74, 6) is -2.57. The molecule has 2 fully saturated rings. The quantitative estimate of drug-likeness (QED) is 0.775. The van der Waals surface area contributed by atoms with Crippen molar-refractivity contribution in [1.82, 2.24) is 10.2 Å². The fourth-order valence-electron chi connectivity index (χ4n) is 2.87. The first-order valence-electron chi connectivity index (χ1n) is 6.14. The van der Waals surface area contributed by atoms with Crippen LogP contribution in [0.1, 0.15) is 24.4 Å². The molecule has 2 amide bonds. The van der Waals surface area contributed by atoms with E-state index in [1.807, 2.05) is 0 Å². The number of carbonyl (C=O) groups is 2. The van der Waals surface area contributed by atoms with Crippen LogP contribution in [0.5, 0.6) is 0 Å². The van der Waals surface area contributed by atoms with E-state index in [4.69, 9.17) is 0 Å². The molecule has 2 aliphatic heterocycles. The van der Waals surface area contributed by atoms with Gasteiger partial charge in [-0.15, -0.1) is 0 Å². The van der Waals surface area contributed by atoms with Crippen molar-refractivity contribution in [3.63, 3.8) is 0 Å². The third-order valence-corrected chi connectivity index (χ3v) is 3.70. The standard InChI is InChI=1S/C13H12F2N2O2/c14-7-3-1-4-8(15)10(7)11-13(19)16-12(18)9-5-2-6-17(9)11/h1,3-4,9,11H,2,5-6H2,(H,16,18,19)/t9-,11-/m0/s1. The first-order valence-corrected chi connectivity index (χ1v) is 6.14. The molecule has 0 saturated carbocycles. The highest BCUT2D eigenvalue weighted by atomic mass is 19.1. The zero-order chi connectivity index (χ0) is 13.6. The number of amides is 2. The monoisotopic (exact) mass is 266 g/mol. The Morgan fingerprint density at radius 1 is 1.16 bits per heavy atom. The lowest BCUT2D eigenvalue weighted by atomic mass is 9.99. The number of nitrogens with one attached hydrogen (secondary N) is 1. The fourth-order valence-corrected chi connectivity index (χ4v) is 2.87. The Morgan fingerprint density at radius 3 is 2.53 bits per heavy atom. The molecule has 1 N–H and O–H groups in total. The van der Waals surface area contributed by atoms with Gasteiger partial charge in [-0.3, -0.25) is 19.8 Å². The van der Waals surface area contributed by atoms with Gasteiger partial charge in [-0.05, 0) is 25.0 Å². The third kappa shape index (κ3) is 1.83. The van der Waals surface area contributed by atoms with E-state index >= 15 is 0 Å². The molecule has 0 radical (unpaired) electrons. The fraction of sp³-hybridized carbons (Fsp3) is 0.385. The van der Waals surface area contributed by atoms with Gasteiger partial charge in [-0.1, -0.05) is 6.07 Å². The first kappa shape index (κ1) is 12.2. The summed E-state index contributed by atoms with van der Waals surface area (Å²) in [5.41, 5.74) is -0.278. The summed E-state index contributed by atoms with van der Waals surface area (Å²) in [4.78, 5) is 25.2. The summed E-state index contributed by atoms with van der Waals surface area (Å²) in [6.45, 7) is 0.488. The average Bonchev–Trinajstić information content (AvgIpc) is 2.82.